The molecule has 0 spiro atoms. The van der Waals surface area contributed by atoms with Crippen molar-refractivity contribution >= 4 is 23.7 Å². The van der Waals surface area contributed by atoms with E-state index < -0.39 is 5.97 Å². The molecule has 0 saturated heterocycles. The molecule has 8 nitrogen and oxygen atoms in total. The number of benzene rings is 2. The van der Waals surface area contributed by atoms with Gasteiger partial charge in [-0.15, -0.1) is 0 Å². The molecule has 1 heterocycles. The highest BCUT2D eigenvalue weighted by molar-refractivity contribution is 6.14. The van der Waals surface area contributed by atoms with Crippen LogP contribution in [0.4, 0.5) is 0 Å². The summed E-state index contributed by atoms with van der Waals surface area (Å²) in [6.45, 7) is -0.0237. The number of methoxy groups -OCH3 is 1. The van der Waals surface area contributed by atoms with Gasteiger partial charge in [-0.25, -0.2) is 0 Å². The smallest absolute Gasteiger partial charge is 0.257 e. The van der Waals surface area contributed by atoms with Gasteiger partial charge < -0.3 is 29.4 Å². The Labute approximate surface area is 173 Å². The molecule has 0 fully saturated rings. The maximum Gasteiger partial charge on any atom is 0.257 e. The predicted molar refractivity (Wildman–Crippen MR) is 105 cm³/mol. The molecule has 1 amide bonds. The van der Waals surface area contributed by atoms with Crippen LogP contribution in [0.1, 0.15) is 28.8 Å². The van der Waals surface area contributed by atoms with Crippen molar-refractivity contribution in [3.8, 4) is 17.2 Å². The van der Waals surface area contributed by atoms with Gasteiger partial charge in [0.05, 0.1) is 12.7 Å². The summed E-state index contributed by atoms with van der Waals surface area (Å²) in [7, 11) is 1.58. The Bertz CT molecular complexity index is 979. The minimum absolute atomic E-state index is 0.121. The van der Waals surface area contributed by atoms with E-state index in [9.17, 15) is 19.5 Å². The van der Waals surface area contributed by atoms with Gasteiger partial charge in [-0.3, -0.25) is 9.59 Å². The molecule has 2 aromatic carbocycles. The van der Waals surface area contributed by atoms with E-state index in [4.69, 9.17) is 14.2 Å². The molecule has 156 valence electrons. The van der Waals surface area contributed by atoms with Crippen LogP contribution in [0, 0.1) is 0 Å². The first-order valence-corrected chi connectivity index (χ1v) is 9.28. The first kappa shape index (κ1) is 20.9. The van der Waals surface area contributed by atoms with Gasteiger partial charge in [-0.2, -0.15) is 0 Å². The fourth-order valence-corrected chi connectivity index (χ4v) is 2.77. The van der Waals surface area contributed by atoms with E-state index in [2.05, 4.69) is 5.32 Å². The summed E-state index contributed by atoms with van der Waals surface area (Å²) in [6, 6.07) is 11.9. The quantitative estimate of drug-likeness (QED) is 0.490. The Morgan fingerprint density at radius 2 is 1.87 bits per heavy atom. The van der Waals surface area contributed by atoms with Gasteiger partial charge in [0.1, 0.15) is 17.2 Å². The Balaban J connectivity index is 1.57. The Kier molecular flexibility index (Phi) is 6.69. The first-order valence-electron chi connectivity index (χ1n) is 9.28. The molecule has 0 radical (unpaired) electrons. The maximum atomic E-state index is 12.5. The standard InChI is InChI=1S/C22H21NO7/c1-28-15-6-4-14(5-7-15)11-19-22(27)17-9-8-16(12-18(17)30-19)29-13-20(24)23-10-2-3-21(25)26/h4-9,11-12H,2-3,10,13H2,1H3,(H,23,24)(H,25,26)/p-1/b19-11+. The van der Waals surface area contributed by atoms with E-state index in [1.165, 1.54) is 0 Å². The molecule has 1 N–H and O–H groups in total. The number of ether oxygens (including phenoxy) is 3. The summed E-state index contributed by atoms with van der Waals surface area (Å²) in [5.74, 6) is -0.150. The number of nitrogens with one attached hydrogen (secondary N) is 1. The minimum atomic E-state index is -1.16. The van der Waals surface area contributed by atoms with Gasteiger partial charge >= 0.3 is 0 Å². The van der Waals surface area contributed by atoms with Gasteiger partial charge in [-0.1, -0.05) is 12.1 Å². The predicted octanol–water partition coefficient (Wildman–Crippen LogP) is 1.34. The third-order valence-corrected chi connectivity index (χ3v) is 4.30. The molecule has 0 saturated carbocycles. The van der Waals surface area contributed by atoms with Crippen molar-refractivity contribution in [1.29, 1.82) is 0 Å². The van der Waals surface area contributed by atoms with Gasteiger partial charge in [0.2, 0.25) is 5.78 Å². The van der Waals surface area contributed by atoms with Gasteiger partial charge in [0.25, 0.3) is 5.91 Å². The first-order chi connectivity index (χ1) is 14.5. The number of carbonyl (C=O) groups is 3. The second-order valence-electron chi connectivity index (χ2n) is 6.49. The van der Waals surface area contributed by atoms with E-state index in [-0.39, 0.29) is 43.4 Å². The van der Waals surface area contributed by atoms with Crippen LogP contribution < -0.4 is 24.6 Å². The maximum absolute atomic E-state index is 12.5. The Morgan fingerprint density at radius 1 is 1.13 bits per heavy atom. The number of hydrogen-bond donors (Lipinski definition) is 1. The molecule has 3 rings (SSSR count). The average Bonchev–Trinajstić information content (AvgIpc) is 3.05. The van der Waals surface area contributed by atoms with Crippen molar-refractivity contribution < 1.29 is 33.7 Å². The zero-order valence-electron chi connectivity index (χ0n) is 16.3. The highest BCUT2D eigenvalue weighted by Gasteiger charge is 2.27. The lowest BCUT2D eigenvalue weighted by atomic mass is 10.1. The second-order valence-corrected chi connectivity index (χ2v) is 6.49. The van der Waals surface area contributed by atoms with Crippen LogP contribution >= 0.6 is 0 Å². The lowest BCUT2D eigenvalue weighted by molar-refractivity contribution is -0.305. The molecule has 30 heavy (non-hydrogen) atoms. The molecule has 0 unspecified atom stereocenters. The van der Waals surface area contributed by atoms with Crippen LogP contribution in [0.15, 0.2) is 48.2 Å². The van der Waals surface area contributed by atoms with E-state index >= 15 is 0 Å². The van der Waals surface area contributed by atoms with Crippen molar-refractivity contribution in [3.63, 3.8) is 0 Å². The lowest BCUT2D eigenvalue weighted by Crippen LogP contribution is -2.31. The summed E-state index contributed by atoms with van der Waals surface area (Å²) in [5, 5.41) is 12.9. The number of rotatable bonds is 9. The SMILES string of the molecule is COc1ccc(/C=C2/Oc3cc(OCC(=O)NCCCC(=O)[O-])ccc3C2=O)cc1. The fourth-order valence-electron chi connectivity index (χ4n) is 2.77. The Morgan fingerprint density at radius 3 is 2.57 bits per heavy atom. The van der Waals surface area contributed by atoms with Crippen molar-refractivity contribution in [1.82, 2.24) is 5.32 Å². The zero-order valence-corrected chi connectivity index (χ0v) is 16.3. The zero-order chi connectivity index (χ0) is 21.5. The topological polar surface area (TPSA) is 114 Å². The molecule has 1 aliphatic rings. The minimum Gasteiger partial charge on any atom is -0.550 e. The normalized spacial score (nSPS) is 13.5. The third kappa shape index (κ3) is 5.38. The number of Topliss-reactive ketones (excluding diaryl/α,β-unsaturated/α-hetero) is 1. The molecule has 1 aliphatic heterocycles. The number of hydrogen-bond acceptors (Lipinski definition) is 7. The average molecular weight is 410 g/mol. The number of carboxylic acids is 1. The third-order valence-electron chi connectivity index (χ3n) is 4.30. The molecule has 2 aromatic rings. The summed E-state index contributed by atoms with van der Waals surface area (Å²) >= 11 is 0. The van der Waals surface area contributed by atoms with E-state index in [0.717, 1.165) is 5.56 Å². The molecule has 0 aromatic heterocycles. The van der Waals surface area contributed by atoms with Gasteiger partial charge in [-0.05, 0) is 48.7 Å². The van der Waals surface area contributed by atoms with E-state index in [1.54, 1.807) is 43.5 Å². The molecule has 0 bridgehead atoms. The second kappa shape index (κ2) is 9.60. The summed E-state index contributed by atoms with van der Waals surface area (Å²) in [4.78, 5) is 34.6. The van der Waals surface area contributed by atoms with E-state index in [0.29, 0.717) is 22.8 Å². The highest BCUT2D eigenvalue weighted by Crippen LogP contribution is 2.35. The van der Waals surface area contributed by atoms with Crippen LogP contribution in [0.25, 0.3) is 6.08 Å². The van der Waals surface area contributed by atoms with Crippen molar-refractivity contribution in [3.05, 3.63) is 59.4 Å². The number of allylic oxidation sites excluding steroid dienone is 1. The van der Waals surface area contributed by atoms with Crippen LogP contribution in [0.2, 0.25) is 0 Å². The van der Waals surface area contributed by atoms with Crippen molar-refractivity contribution in [2.24, 2.45) is 0 Å². The monoisotopic (exact) mass is 410 g/mol. The molecule has 0 atom stereocenters. The van der Waals surface area contributed by atoms with Crippen LogP contribution in [0.5, 0.6) is 17.2 Å². The fraction of sp³-hybridized carbons (Fsp3) is 0.227. The molecule has 8 heteroatoms. The lowest BCUT2D eigenvalue weighted by Gasteiger charge is -2.08. The van der Waals surface area contributed by atoms with Gasteiger partial charge in [0, 0.05) is 18.6 Å². The van der Waals surface area contributed by atoms with Crippen molar-refractivity contribution in [2.45, 2.75) is 12.8 Å². The number of fused-ring (bicyclic) bond motifs is 1. The van der Waals surface area contributed by atoms with Gasteiger partial charge in [0.15, 0.2) is 12.4 Å². The number of carboxylic acid groups (broad SMARTS) is 1. The van der Waals surface area contributed by atoms with Crippen LogP contribution in [-0.2, 0) is 9.59 Å². The molecule has 0 aliphatic carbocycles. The summed E-state index contributed by atoms with van der Waals surface area (Å²) in [5.41, 5.74) is 1.20. The van der Waals surface area contributed by atoms with Crippen LogP contribution in [0.3, 0.4) is 0 Å². The Hall–Kier alpha value is -3.81. The largest absolute Gasteiger partial charge is 0.550 e. The number of aliphatic carboxylic acids is 1. The number of ketones is 1. The van der Waals surface area contributed by atoms with E-state index in [1.807, 2.05) is 12.1 Å². The van der Waals surface area contributed by atoms with Crippen molar-refractivity contribution in [2.75, 3.05) is 20.3 Å². The number of amides is 1. The molecular weight excluding hydrogens is 390 g/mol. The summed E-state index contributed by atoms with van der Waals surface area (Å²) in [6.07, 6.45) is 1.80. The number of carbonyl (C=O) groups excluding carboxylic acids is 3. The summed E-state index contributed by atoms with van der Waals surface area (Å²) < 4.78 is 16.2. The van der Waals surface area contributed by atoms with Crippen LogP contribution in [-0.4, -0.2) is 37.9 Å². The molecular formula is C22H20NO7-. The highest BCUT2D eigenvalue weighted by atomic mass is 16.5.